The molecule has 1 atom stereocenters. The molecule has 3 N–H and O–H groups in total. The molecule has 27 heavy (non-hydrogen) atoms. The number of halogens is 2. The highest BCUT2D eigenvalue weighted by Gasteiger charge is 2.16. The smallest absolute Gasteiger partial charge is 0.254 e. The Morgan fingerprint density at radius 2 is 2.04 bits per heavy atom. The number of nitrogens with two attached hydrogens (primary N) is 1. The highest BCUT2D eigenvalue weighted by molar-refractivity contribution is 6.35. The van der Waals surface area contributed by atoms with Gasteiger partial charge in [0.2, 0.25) is 11.9 Å². The Labute approximate surface area is 166 Å². The lowest BCUT2D eigenvalue weighted by Gasteiger charge is -2.16. The van der Waals surface area contributed by atoms with Gasteiger partial charge < -0.3 is 11.1 Å². The number of aromatic nitrogens is 4. The van der Waals surface area contributed by atoms with Crippen LogP contribution in [0.1, 0.15) is 41.9 Å². The molecule has 0 aliphatic heterocycles. The average Bonchev–Trinajstić information content (AvgIpc) is 2.94. The fourth-order valence-electron chi connectivity index (χ4n) is 3.07. The highest BCUT2D eigenvalue weighted by atomic mass is 35.5. The van der Waals surface area contributed by atoms with Crippen LogP contribution in [0.15, 0.2) is 18.2 Å². The Balaban J connectivity index is 1.69. The lowest BCUT2D eigenvalue weighted by Crippen LogP contribution is -2.27. The minimum absolute atomic E-state index is 0.0782. The number of nitrogens with zero attached hydrogens (tertiary/aromatic N) is 4. The van der Waals surface area contributed by atoms with Gasteiger partial charge in [0.1, 0.15) is 0 Å². The normalized spacial score (nSPS) is 12.3. The van der Waals surface area contributed by atoms with Crippen LogP contribution in [0.5, 0.6) is 0 Å². The molecular formula is C18H20Cl2N6O. The molecule has 1 aromatic carbocycles. The number of nitrogens with one attached hydrogen (secondary N) is 1. The van der Waals surface area contributed by atoms with Crippen molar-refractivity contribution in [1.29, 1.82) is 0 Å². The summed E-state index contributed by atoms with van der Waals surface area (Å²) < 4.78 is 1.60. The van der Waals surface area contributed by atoms with Crippen molar-refractivity contribution in [2.24, 2.45) is 0 Å². The van der Waals surface area contributed by atoms with E-state index in [-0.39, 0.29) is 17.9 Å². The van der Waals surface area contributed by atoms with Gasteiger partial charge in [0.05, 0.1) is 6.04 Å². The highest BCUT2D eigenvalue weighted by Crippen LogP contribution is 2.26. The summed E-state index contributed by atoms with van der Waals surface area (Å²) in [4.78, 5) is 20.9. The molecule has 0 bridgehead atoms. The molecule has 3 aromatic rings. The summed E-state index contributed by atoms with van der Waals surface area (Å²) in [6.45, 7) is 5.69. The van der Waals surface area contributed by atoms with E-state index in [9.17, 15) is 4.79 Å². The topological polar surface area (TPSA) is 98.2 Å². The summed E-state index contributed by atoms with van der Waals surface area (Å²) in [6.07, 6.45) is 0.849. The number of benzene rings is 1. The number of hydrogen-bond donors (Lipinski definition) is 2. The van der Waals surface area contributed by atoms with E-state index in [0.29, 0.717) is 28.7 Å². The summed E-state index contributed by atoms with van der Waals surface area (Å²) >= 11 is 12.1. The number of carbonyl (C=O) groups is 1. The van der Waals surface area contributed by atoms with E-state index in [2.05, 4.69) is 20.4 Å². The van der Waals surface area contributed by atoms with Gasteiger partial charge in [-0.05, 0) is 50.5 Å². The van der Waals surface area contributed by atoms with E-state index in [1.165, 1.54) is 0 Å². The van der Waals surface area contributed by atoms with Gasteiger partial charge in [-0.1, -0.05) is 29.3 Å². The second kappa shape index (κ2) is 7.70. The number of hydrogen-bond acceptors (Lipinski definition) is 5. The minimum atomic E-state index is -0.222. The summed E-state index contributed by atoms with van der Waals surface area (Å²) in [5.41, 5.74) is 9.12. The third-order valence-corrected chi connectivity index (χ3v) is 5.04. The predicted molar refractivity (Wildman–Crippen MR) is 106 cm³/mol. The van der Waals surface area contributed by atoms with Crippen LogP contribution in [0.2, 0.25) is 10.0 Å². The maximum Gasteiger partial charge on any atom is 0.254 e. The number of nitrogen functional groups attached to an aromatic ring is 1. The third kappa shape index (κ3) is 4.14. The standard InChI is InChI=1S/C18H20Cl2N6O/c1-9-13(11(3)26-18(23-9)24-17(21)25-26)6-7-16(27)22-10(2)14-5-4-12(19)8-15(14)20/h4-5,8,10H,6-7H2,1-3H3,(H2,21,25)(H,22,27)/t10-/m1/s1. The zero-order valence-corrected chi connectivity index (χ0v) is 16.8. The molecule has 3 rings (SSSR count). The van der Waals surface area contributed by atoms with Gasteiger partial charge in [0.15, 0.2) is 0 Å². The van der Waals surface area contributed by atoms with Crippen molar-refractivity contribution in [3.8, 4) is 0 Å². The van der Waals surface area contributed by atoms with E-state index in [4.69, 9.17) is 28.9 Å². The summed E-state index contributed by atoms with van der Waals surface area (Å²) in [6, 6.07) is 5.01. The zero-order chi connectivity index (χ0) is 19.7. The van der Waals surface area contributed by atoms with E-state index >= 15 is 0 Å². The number of fused-ring (bicyclic) bond motifs is 1. The first-order valence-electron chi connectivity index (χ1n) is 8.49. The van der Waals surface area contributed by atoms with E-state index in [1.54, 1.807) is 16.6 Å². The van der Waals surface area contributed by atoms with Gasteiger partial charge in [0, 0.05) is 27.9 Å². The van der Waals surface area contributed by atoms with Crippen molar-refractivity contribution in [1.82, 2.24) is 24.9 Å². The molecule has 2 heterocycles. The molecule has 0 fully saturated rings. The van der Waals surface area contributed by atoms with Crippen molar-refractivity contribution in [2.45, 2.75) is 39.7 Å². The molecule has 2 aromatic heterocycles. The third-order valence-electron chi connectivity index (χ3n) is 4.47. The molecule has 0 saturated heterocycles. The lowest BCUT2D eigenvalue weighted by atomic mass is 10.1. The fourth-order valence-corrected chi connectivity index (χ4v) is 3.64. The van der Waals surface area contributed by atoms with Crippen LogP contribution < -0.4 is 11.1 Å². The average molecular weight is 407 g/mol. The molecule has 0 aliphatic carbocycles. The zero-order valence-electron chi connectivity index (χ0n) is 15.3. The summed E-state index contributed by atoms with van der Waals surface area (Å²) in [7, 11) is 0. The van der Waals surface area contributed by atoms with Crippen molar-refractivity contribution < 1.29 is 4.79 Å². The second-order valence-corrected chi connectivity index (χ2v) is 7.24. The molecule has 0 radical (unpaired) electrons. The first kappa shape index (κ1) is 19.4. The van der Waals surface area contributed by atoms with E-state index in [1.807, 2.05) is 26.8 Å². The van der Waals surface area contributed by atoms with Crippen molar-refractivity contribution in [3.05, 3.63) is 50.8 Å². The molecule has 142 valence electrons. The number of anilines is 1. The van der Waals surface area contributed by atoms with Gasteiger partial charge in [0.25, 0.3) is 5.78 Å². The van der Waals surface area contributed by atoms with Crippen LogP contribution in [-0.2, 0) is 11.2 Å². The van der Waals surface area contributed by atoms with Crippen LogP contribution in [0.25, 0.3) is 5.78 Å². The monoisotopic (exact) mass is 406 g/mol. The Kier molecular flexibility index (Phi) is 5.53. The molecule has 7 nitrogen and oxygen atoms in total. The van der Waals surface area contributed by atoms with Crippen LogP contribution in [-0.4, -0.2) is 25.5 Å². The van der Waals surface area contributed by atoms with Gasteiger partial charge in [-0.2, -0.15) is 9.50 Å². The number of aryl methyl sites for hydroxylation is 2. The van der Waals surface area contributed by atoms with Crippen molar-refractivity contribution in [2.75, 3.05) is 5.73 Å². The Bertz CT molecular complexity index is 1020. The molecule has 0 unspecified atom stereocenters. The largest absolute Gasteiger partial charge is 0.366 e. The maximum absolute atomic E-state index is 12.4. The SMILES string of the molecule is Cc1nc2nc(N)nn2c(C)c1CCC(=O)N[C@H](C)c1ccc(Cl)cc1Cl. The first-order chi connectivity index (χ1) is 12.8. The van der Waals surface area contributed by atoms with Gasteiger partial charge >= 0.3 is 0 Å². The summed E-state index contributed by atoms with van der Waals surface area (Å²) in [5, 5.41) is 8.19. The fraction of sp³-hybridized carbons (Fsp3) is 0.333. The van der Waals surface area contributed by atoms with Crippen molar-refractivity contribution in [3.63, 3.8) is 0 Å². The number of amides is 1. The molecular weight excluding hydrogens is 387 g/mol. The van der Waals surface area contributed by atoms with Crippen LogP contribution in [0.4, 0.5) is 5.95 Å². The van der Waals surface area contributed by atoms with Crippen LogP contribution >= 0.6 is 23.2 Å². The van der Waals surface area contributed by atoms with Crippen molar-refractivity contribution >= 4 is 40.8 Å². The second-order valence-electron chi connectivity index (χ2n) is 6.40. The van der Waals surface area contributed by atoms with Gasteiger partial charge in [-0.15, -0.1) is 5.10 Å². The van der Waals surface area contributed by atoms with Crippen LogP contribution in [0.3, 0.4) is 0 Å². The quantitative estimate of drug-likeness (QED) is 0.675. The minimum Gasteiger partial charge on any atom is -0.366 e. The first-order valence-corrected chi connectivity index (χ1v) is 9.24. The maximum atomic E-state index is 12.4. The van der Waals surface area contributed by atoms with Gasteiger partial charge in [-0.3, -0.25) is 4.79 Å². The molecule has 0 aliphatic rings. The van der Waals surface area contributed by atoms with Crippen LogP contribution in [0, 0.1) is 13.8 Å². The summed E-state index contributed by atoms with van der Waals surface area (Å²) in [5.74, 6) is 0.556. The Morgan fingerprint density at radius 1 is 1.30 bits per heavy atom. The molecule has 9 heteroatoms. The van der Waals surface area contributed by atoms with E-state index in [0.717, 1.165) is 22.5 Å². The molecule has 1 amide bonds. The lowest BCUT2D eigenvalue weighted by molar-refractivity contribution is -0.121. The molecule has 0 saturated carbocycles. The Hall–Kier alpha value is -2.38. The van der Waals surface area contributed by atoms with E-state index < -0.39 is 0 Å². The molecule has 0 spiro atoms. The number of carbonyl (C=O) groups excluding carboxylic acids is 1. The number of rotatable bonds is 5. The van der Waals surface area contributed by atoms with Gasteiger partial charge in [-0.25, -0.2) is 4.98 Å². The predicted octanol–water partition coefficient (Wildman–Crippen LogP) is 3.44. The Morgan fingerprint density at radius 3 is 2.74 bits per heavy atom.